The van der Waals surface area contributed by atoms with Gasteiger partial charge in [-0.05, 0) is 24.3 Å². The predicted molar refractivity (Wildman–Crippen MR) is 92.3 cm³/mol. The average Bonchev–Trinajstić information content (AvgIpc) is 3.09. The van der Waals surface area contributed by atoms with Crippen molar-refractivity contribution >= 4 is 11.6 Å². The largest absolute Gasteiger partial charge is 0.378 e. The minimum Gasteiger partial charge on any atom is -0.378 e. The molecule has 0 atom stereocenters. The molecule has 0 saturated carbocycles. The maximum Gasteiger partial charge on any atom is 0.251 e. The number of nitrogens with one attached hydrogen (secondary N) is 2. The topological polar surface area (TPSA) is 104 Å². The van der Waals surface area contributed by atoms with Crippen LogP contribution in [-0.2, 0) is 6.54 Å². The van der Waals surface area contributed by atoms with Crippen LogP contribution in [-0.4, -0.2) is 35.1 Å². The van der Waals surface area contributed by atoms with Crippen molar-refractivity contribution in [1.82, 2.24) is 20.4 Å². The van der Waals surface area contributed by atoms with E-state index in [1.165, 1.54) is 12.3 Å². The predicted octanol–water partition coefficient (Wildman–Crippen LogP) is 1.42. The third-order valence-electron chi connectivity index (χ3n) is 3.53. The van der Waals surface area contributed by atoms with Gasteiger partial charge in [0.2, 0.25) is 17.3 Å². The Morgan fingerprint density at radius 1 is 1.28 bits per heavy atom. The summed E-state index contributed by atoms with van der Waals surface area (Å²) in [6.07, 6.45) is 1.51. The summed E-state index contributed by atoms with van der Waals surface area (Å²) in [5.74, 6) is 0.317. The minimum absolute atomic E-state index is 0.0984. The van der Waals surface area contributed by atoms with Gasteiger partial charge in [-0.15, -0.1) is 0 Å². The van der Waals surface area contributed by atoms with E-state index in [1.54, 1.807) is 18.2 Å². The molecule has 0 radical (unpaired) electrons. The quantitative estimate of drug-likeness (QED) is 0.728. The van der Waals surface area contributed by atoms with Crippen molar-refractivity contribution in [1.29, 1.82) is 0 Å². The number of hydrogen-bond donors (Lipinski definition) is 2. The monoisotopic (exact) mass is 339 g/mol. The molecule has 25 heavy (non-hydrogen) atoms. The van der Waals surface area contributed by atoms with Gasteiger partial charge >= 0.3 is 0 Å². The first-order valence-corrected chi connectivity index (χ1v) is 7.60. The van der Waals surface area contributed by atoms with Gasteiger partial charge in [-0.1, -0.05) is 11.2 Å². The fourth-order valence-corrected chi connectivity index (χ4v) is 2.21. The molecular formula is C17H17N5O3. The Morgan fingerprint density at radius 3 is 2.88 bits per heavy atom. The molecule has 2 heterocycles. The van der Waals surface area contributed by atoms with Gasteiger partial charge in [0, 0.05) is 43.2 Å². The summed E-state index contributed by atoms with van der Waals surface area (Å²) in [4.78, 5) is 32.2. The Bertz CT molecular complexity index is 945. The number of rotatable bonds is 5. The highest BCUT2D eigenvalue weighted by Crippen LogP contribution is 2.14. The van der Waals surface area contributed by atoms with Gasteiger partial charge in [0.25, 0.3) is 5.91 Å². The van der Waals surface area contributed by atoms with Crippen molar-refractivity contribution in [3.8, 4) is 11.4 Å². The maximum atomic E-state index is 12.2. The highest BCUT2D eigenvalue weighted by molar-refractivity contribution is 5.95. The van der Waals surface area contributed by atoms with Crippen LogP contribution in [0.5, 0.6) is 0 Å². The first kappa shape index (κ1) is 16.4. The number of anilines is 1. The number of pyridine rings is 1. The number of aromatic amines is 1. The fourth-order valence-electron chi connectivity index (χ4n) is 2.21. The van der Waals surface area contributed by atoms with Crippen molar-refractivity contribution in [2.45, 2.75) is 6.54 Å². The molecule has 8 heteroatoms. The highest BCUT2D eigenvalue weighted by atomic mass is 16.5. The molecule has 1 aromatic carbocycles. The SMILES string of the molecule is CN(C)c1cccc(C(=O)NCc2nc(-c3cc[nH]c(=O)c3)no2)c1. The molecule has 0 saturated heterocycles. The molecule has 0 fully saturated rings. The van der Waals surface area contributed by atoms with Gasteiger partial charge in [0.05, 0.1) is 6.54 Å². The Labute approximate surface area is 143 Å². The lowest BCUT2D eigenvalue weighted by Gasteiger charge is -2.13. The Kier molecular flexibility index (Phi) is 4.60. The summed E-state index contributed by atoms with van der Waals surface area (Å²) in [5.41, 5.74) is 1.77. The first-order valence-electron chi connectivity index (χ1n) is 7.60. The van der Waals surface area contributed by atoms with Gasteiger partial charge in [0.15, 0.2) is 0 Å². The lowest BCUT2D eigenvalue weighted by molar-refractivity contribution is 0.0946. The van der Waals surface area contributed by atoms with Crippen LogP contribution in [0.4, 0.5) is 5.69 Å². The van der Waals surface area contributed by atoms with E-state index in [1.807, 2.05) is 31.1 Å². The second-order valence-electron chi connectivity index (χ2n) is 5.58. The highest BCUT2D eigenvalue weighted by Gasteiger charge is 2.12. The molecule has 0 unspecified atom stereocenters. The molecule has 0 aliphatic carbocycles. The summed E-state index contributed by atoms with van der Waals surface area (Å²) in [5, 5.41) is 6.55. The molecule has 3 rings (SSSR count). The zero-order chi connectivity index (χ0) is 17.8. The van der Waals surface area contributed by atoms with Crippen molar-refractivity contribution in [3.05, 3.63) is 64.4 Å². The van der Waals surface area contributed by atoms with Crippen LogP contribution in [0.15, 0.2) is 51.9 Å². The van der Waals surface area contributed by atoms with Gasteiger partial charge in [0.1, 0.15) is 0 Å². The van der Waals surface area contributed by atoms with E-state index in [-0.39, 0.29) is 23.9 Å². The van der Waals surface area contributed by atoms with Crippen LogP contribution in [0.3, 0.4) is 0 Å². The average molecular weight is 339 g/mol. The summed E-state index contributed by atoms with van der Waals surface area (Å²) in [7, 11) is 3.82. The van der Waals surface area contributed by atoms with Gasteiger partial charge in [-0.2, -0.15) is 4.98 Å². The normalized spacial score (nSPS) is 10.5. The van der Waals surface area contributed by atoms with Gasteiger partial charge in [-0.25, -0.2) is 0 Å². The first-order chi connectivity index (χ1) is 12.0. The van der Waals surface area contributed by atoms with E-state index in [9.17, 15) is 9.59 Å². The molecule has 0 spiro atoms. The minimum atomic E-state index is -0.252. The van der Waals surface area contributed by atoms with Crippen LogP contribution in [0, 0.1) is 0 Å². The molecule has 1 amide bonds. The van der Waals surface area contributed by atoms with E-state index < -0.39 is 0 Å². The maximum absolute atomic E-state index is 12.2. The van der Waals surface area contributed by atoms with E-state index >= 15 is 0 Å². The molecule has 2 N–H and O–H groups in total. The lowest BCUT2D eigenvalue weighted by Crippen LogP contribution is -2.23. The molecule has 8 nitrogen and oxygen atoms in total. The number of nitrogens with zero attached hydrogens (tertiary/aromatic N) is 3. The zero-order valence-corrected chi connectivity index (χ0v) is 13.8. The third kappa shape index (κ3) is 3.92. The van der Waals surface area contributed by atoms with Crippen molar-refractivity contribution in [2.24, 2.45) is 0 Å². The third-order valence-corrected chi connectivity index (χ3v) is 3.53. The van der Waals surface area contributed by atoms with E-state index in [4.69, 9.17) is 4.52 Å². The van der Waals surface area contributed by atoms with Crippen LogP contribution >= 0.6 is 0 Å². The van der Waals surface area contributed by atoms with Crippen LogP contribution in [0.25, 0.3) is 11.4 Å². The standard InChI is InChI=1S/C17H17N5O3/c1-22(2)13-5-3-4-12(8-13)17(24)19-10-15-20-16(21-25-15)11-6-7-18-14(23)9-11/h3-9H,10H2,1-2H3,(H,18,23)(H,19,24). The molecule has 3 aromatic rings. The zero-order valence-electron chi connectivity index (χ0n) is 13.8. The van der Waals surface area contributed by atoms with E-state index in [0.717, 1.165) is 5.69 Å². The molecule has 128 valence electrons. The Balaban J connectivity index is 1.67. The van der Waals surface area contributed by atoms with Gasteiger partial charge in [-0.3, -0.25) is 9.59 Å². The lowest BCUT2D eigenvalue weighted by atomic mass is 10.2. The fraction of sp³-hybridized carbons (Fsp3) is 0.176. The number of aromatic nitrogens is 3. The number of benzene rings is 1. The summed E-state index contributed by atoms with van der Waals surface area (Å²) >= 11 is 0. The second kappa shape index (κ2) is 7.00. The molecule has 0 aliphatic rings. The number of carbonyl (C=O) groups excluding carboxylic acids is 1. The summed E-state index contributed by atoms with van der Waals surface area (Å²) in [6.45, 7) is 0.0984. The molecule has 0 aliphatic heterocycles. The second-order valence-corrected chi connectivity index (χ2v) is 5.58. The smallest absolute Gasteiger partial charge is 0.251 e. The van der Waals surface area contributed by atoms with Crippen LogP contribution < -0.4 is 15.8 Å². The van der Waals surface area contributed by atoms with E-state index in [2.05, 4.69) is 20.4 Å². The number of H-pyrrole nitrogens is 1. The van der Waals surface area contributed by atoms with Crippen LogP contribution in [0.1, 0.15) is 16.2 Å². The van der Waals surface area contributed by atoms with Crippen LogP contribution in [0.2, 0.25) is 0 Å². The molecular weight excluding hydrogens is 322 g/mol. The van der Waals surface area contributed by atoms with Crippen molar-refractivity contribution in [3.63, 3.8) is 0 Å². The number of amides is 1. The van der Waals surface area contributed by atoms with Crippen molar-refractivity contribution in [2.75, 3.05) is 19.0 Å². The molecule has 2 aromatic heterocycles. The Morgan fingerprint density at radius 2 is 2.12 bits per heavy atom. The van der Waals surface area contributed by atoms with Gasteiger partial charge < -0.3 is 19.7 Å². The summed E-state index contributed by atoms with van der Waals surface area (Å²) in [6, 6.07) is 10.3. The Hall–Kier alpha value is -3.42. The van der Waals surface area contributed by atoms with Crippen molar-refractivity contribution < 1.29 is 9.32 Å². The summed E-state index contributed by atoms with van der Waals surface area (Å²) < 4.78 is 5.11. The molecule has 0 bridgehead atoms. The number of carbonyl (C=O) groups is 1. The number of hydrogen-bond acceptors (Lipinski definition) is 6. The van der Waals surface area contributed by atoms with E-state index in [0.29, 0.717) is 17.0 Å².